The number of nitrogens with one attached hydrogen (secondary N) is 2. The monoisotopic (exact) mass is 380 g/mol. The Hall–Kier alpha value is -3.35. The molecule has 2 N–H and O–H groups in total. The third-order valence-corrected chi connectivity index (χ3v) is 4.37. The number of fused-ring (bicyclic) bond motifs is 1. The molecule has 28 heavy (non-hydrogen) atoms. The lowest BCUT2D eigenvalue weighted by molar-refractivity contribution is -0.130. The zero-order valence-corrected chi connectivity index (χ0v) is 16.1. The molecule has 146 valence electrons. The molecule has 0 saturated carbocycles. The summed E-state index contributed by atoms with van der Waals surface area (Å²) in [5, 5.41) is 0. The van der Waals surface area contributed by atoms with Crippen molar-refractivity contribution in [3.05, 3.63) is 59.9 Å². The highest BCUT2D eigenvalue weighted by Crippen LogP contribution is 2.16. The van der Waals surface area contributed by atoms with Crippen LogP contribution in [0.25, 0.3) is 11.0 Å². The van der Waals surface area contributed by atoms with E-state index in [-0.39, 0.29) is 19.1 Å². The molecule has 0 bridgehead atoms. The van der Waals surface area contributed by atoms with E-state index in [0.29, 0.717) is 12.2 Å². The first-order valence-corrected chi connectivity index (χ1v) is 9.34. The van der Waals surface area contributed by atoms with Crippen molar-refractivity contribution in [2.45, 2.75) is 33.2 Å². The minimum absolute atomic E-state index is 0.0728. The minimum atomic E-state index is -0.429. The molecule has 0 aliphatic carbocycles. The molecule has 1 aromatic heterocycles. The Balaban J connectivity index is 1.52. The van der Waals surface area contributed by atoms with Crippen molar-refractivity contribution >= 4 is 22.8 Å². The van der Waals surface area contributed by atoms with Gasteiger partial charge in [-0.15, -0.1) is 0 Å². The van der Waals surface area contributed by atoms with Gasteiger partial charge >= 0.3 is 0 Å². The van der Waals surface area contributed by atoms with E-state index >= 15 is 0 Å². The molecule has 0 spiro atoms. The fraction of sp³-hybridized carbons (Fsp3) is 0.286. The van der Waals surface area contributed by atoms with E-state index in [2.05, 4.69) is 22.8 Å². The number of carbonyl (C=O) groups is 2. The summed E-state index contributed by atoms with van der Waals surface area (Å²) in [7, 11) is 0. The Morgan fingerprint density at radius 3 is 2.57 bits per heavy atom. The highest BCUT2D eigenvalue weighted by molar-refractivity contribution is 5.84. The fourth-order valence-electron chi connectivity index (χ4n) is 2.93. The van der Waals surface area contributed by atoms with Crippen LogP contribution >= 0.6 is 0 Å². The van der Waals surface area contributed by atoms with Crippen LogP contribution in [0, 0.1) is 0 Å². The van der Waals surface area contributed by atoms with Gasteiger partial charge in [-0.05, 0) is 36.2 Å². The van der Waals surface area contributed by atoms with E-state index < -0.39 is 5.91 Å². The smallest absolute Gasteiger partial charge is 0.276 e. The summed E-state index contributed by atoms with van der Waals surface area (Å²) in [6.45, 7) is 3.93. The van der Waals surface area contributed by atoms with Crippen LogP contribution in [0.4, 0.5) is 0 Å². The van der Waals surface area contributed by atoms with Gasteiger partial charge in [0.2, 0.25) is 0 Å². The van der Waals surface area contributed by atoms with Gasteiger partial charge in [-0.3, -0.25) is 20.4 Å². The number of aryl methyl sites for hydroxylation is 2. The molecule has 0 fully saturated rings. The number of rotatable bonds is 7. The third kappa shape index (κ3) is 4.68. The number of carbonyl (C=O) groups excluding carboxylic acids is 2. The number of benzene rings is 2. The van der Waals surface area contributed by atoms with Crippen LogP contribution in [0.15, 0.2) is 48.5 Å². The third-order valence-electron chi connectivity index (χ3n) is 4.37. The van der Waals surface area contributed by atoms with Crippen LogP contribution < -0.4 is 15.6 Å². The Morgan fingerprint density at radius 2 is 1.79 bits per heavy atom. The van der Waals surface area contributed by atoms with Gasteiger partial charge in [-0.2, -0.15) is 0 Å². The molecule has 0 unspecified atom stereocenters. The standard InChI is InChI=1S/C21H24N4O3/c1-3-15-8-7-9-16(12-15)28-14-21(27)24-23-20(26)13-25-18-11-6-5-10-17(18)22-19(25)4-2/h5-12H,3-4,13-14H2,1-2H3,(H,23,26)(H,24,27). The number of imidazole rings is 1. The predicted molar refractivity (Wildman–Crippen MR) is 107 cm³/mol. The number of amides is 2. The minimum Gasteiger partial charge on any atom is -0.484 e. The van der Waals surface area contributed by atoms with Crippen molar-refractivity contribution in [1.29, 1.82) is 0 Å². The lowest BCUT2D eigenvalue weighted by Gasteiger charge is -2.11. The fourth-order valence-corrected chi connectivity index (χ4v) is 2.93. The van der Waals surface area contributed by atoms with Gasteiger partial charge in [-0.1, -0.05) is 38.1 Å². The zero-order chi connectivity index (χ0) is 19.9. The number of hydrogen-bond acceptors (Lipinski definition) is 4. The maximum absolute atomic E-state index is 12.3. The zero-order valence-electron chi connectivity index (χ0n) is 16.1. The molecule has 0 aliphatic heterocycles. The van der Waals surface area contributed by atoms with Gasteiger partial charge in [0, 0.05) is 6.42 Å². The van der Waals surface area contributed by atoms with Gasteiger partial charge in [-0.25, -0.2) is 4.98 Å². The molecule has 7 heteroatoms. The summed E-state index contributed by atoms with van der Waals surface area (Å²) in [6, 6.07) is 15.2. The van der Waals surface area contributed by atoms with E-state index in [1.165, 1.54) is 0 Å². The van der Waals surface area contributed by atoms with E-state index in [0.717, 1.165) is 28.8 Å². The Kier molecular flexibility index (Phi) is 6.26. The summed E-state index contributed by atoms with van der Waals surface area (Å²) in [6.07, 6.45) is 1.60. The van der Waals surface area contributed by atoms with Crippen molar-refractivity contribution in [3.8, 4) is 5.75 Å². The quantitative estimate of drug-likeness (QED) is 0.617. The Labute approximate surface area is 163 Å². The van der Waals surface area contributed by atoms with E-state index in [4.69, 9.17) is 4.74 Å². The molecule has 0 atom stereocenters. The van der Waals surface area contributed by atoms with Crippen LogP contribution in [0.5, 0.6) is 5.75 Å². The molecular weight excluding hydrogens is 356 g/mol. The maximum Gasteiger partial charge on any atom is 0.276 e. The number of ether oxygens (including phenoxy) is 1. The van der Waals surface area contributed by atoms with Crippen molar-refractivity contribution in [3.63, 3.8) is 0 Å². The van der Waals surface area contributed by atoms with Crippen molar-refractivity contribution in [2.75, 3.05) is 6.61 Å². The summed E-state index contributed by atoms with van der Waals surface area (Å²) in [5.41, 5.74) is 7.68. The average Bonchev–Trinajstić information content (AvgIpc) is 3.08. The molecule has 0 aliphatic rings. The van der Waals surface area contributed by atoms with Gasteiger partial charge in [0.15, 0.2) is 6.61 Å². The highest BCUT2D eigenvalue weighted by atomic mass is 16.5. The SMILES string of the molecule is CCc1cccc(OCC(=O)NNC(=O)Cn2c(CC)nc3ccccc32)c1. The van der Waals surface area contributed by atoms with Crippen molar-refractivity contribution in [1.82, 2.24) is 20.4 Å². The van der Waals surface area contributed by atoms with Crippen molar-refractivity contribution in [2.24, 2.45) is 0 Å². The van der Waals surface area contributed by atoms with Gasteiger partial charge in [0.05, 0.1) is 11.0 Å². The van der Waals surface area contributed by atoms with Crippen molar-refractivity contribution < 1.29 is 14.3 Å². The largest absolute Gasteiger partial charge is 0.484 e. The summed E-state index contributed by atoms with van der Waals surface area (Å²) >= 11 is 0. The Bertz CT molecular complexity index is 981. The maximum atomic E-state index is 12.3. The molecule has 2 amide bonds. The molecule has 3 aromatic rings. The second kappa shape index (κ2) is 9.03. The first-order valence-electron chi connectivity index (χ1n) is 9.34. The number of hydrazine groups is 1. The molecule has 3 rings (SSSR count). The van der Waals surface area contributed by atoms with Crippen LogP contribution in [0.2, 0.25) is 0 Å². The van der Waals surface area contributed by atoms with Gasteiger partial charge in [0.1, 0.15) is 18.1 Å². The normalized spacial score (nSPS) is 10.6. The molecular formula is C21H24N4O3. The van der Waals surface area contributed by atoms with E-state index in [1.54, 1.807) is 6.07 Å². The predicted octanol–water partition coefficient (Wildman–Crippen LogP) is 2.39. The van der Waals surface area contributed by atoms with E-state index in [9.17, 15) is 9.59 Å². The summed E-state index contributed by atoms with van der Waals surface area (Å²) < 4.78 is 7.31. The average molecular weight is 380 g/mol. The number of nitrogens with zero attached hydrogens (tertiary/aromatic N) is 2. The lowest BCUT2D eigenvalue weighted by atomic mass is 10.2. The van der Waals surface area contributed by atoms with Crippen LogP contribution in [-0.4, -0.2) is 28.0 Å². The van der Waals surface area contributed by atoms with Gasteiger partial charge in [0.25, 0.3) is 11.8 Å². The molecule has 0 radical (unpaired) electrons. The first kappa shape index (κ1) is 19.4. The molecule has 0 saturated heterocycles. The summed E-state index contributed by atoms with van der Waals surface area (Å²) in [4.78, 5) is 28.7. The summed E-state index contributed by atoms with van der Waals surface area (Å²) in [5.74, 6) is 0.681. The molecule has 2 aromatic carbocycles. The topological polar surface area (TPSA) is 85.3 Å². The van der Waals surface area contributed by atoms with Crippen LogP contribution in [-0.2, 0) is 29.0 Å². The molecule has 7 nitrogen and oxygen atoms in total. The van der Waals surface area contributed by atoms with Gasteiger partial charge < -0.3 is 9.30 Å². The second-order valence-electron chi connectivity index (χ2n) is 6.34. The lowest BCUT2D eigenvalue weighted by Crippen LogP contribution is -2.45. The number of para-hydroxylation sites is 2. The van der Waals surface area contributed by atoms with E-state index in [1.807, 2.05) is 54.0 Å². The second-order valence-corrected chi connectivity index (χ2v) is 6.34. The molecule has 1 heterocycles. The van der Waals surface area contributed by atoms with Crippen LogP contribution in [0.3, 0.4) is 0 Å². The number of hydrogen-bond donors (Lipinski definition) is 2. The van der Waals surface area contributed by atoms with Crippen LogP contribution in [0.1, 0.15) is 25.2 Å². The Morgan fingerprint density at radius 1 is 1.00 bits per heavy atom. The first-order chi connectivity index (χ1) is 13.6. The highest BCUT2D eigenvalue weighted by Gasteiger charge is 2.13. The number of aromatic nitrogens is 2.